The monoisotopic (exact) mass is 378 g/mol. The van der Waals surface area contributed by atoms with E-state index in [-0.39, 0.29) is 10.8 Å². The highest BCUT2D eigenvalue weighted by molar-refractivity contribution is 6.07. The van der Waals surface area contributed by atoms with Crippen molar-refractivity contribution in [1.82, 2.24) is 0 Å². The molecule has 1 heteroatoms. The molecule has 28 heavy (non-hydrogen) atoms. The maximum absolute atomic E-state index is 13.1. The Morgan fingerprint density at radius 3 is 2.29 bits per heavy atom. The van der Waals surface area contributed by atoms with Crippen molar-refractivity contribution in [2.75, 3.05) is 0 Å². The first-order valence-electron chi connectivity index (χ1n) is 11.5. The zero-order valence-electron chi connectivity index (χ0n) is 18.7. The van der Waals surface area contributed by atoms with Gasteiger partial charge in [0.15, 0.2) is 5.78 Å². The number of fused-ring (bicyclic) bond motifs is 2. The highest BCUT2D eigenvalue weighted by atomic mass is 16.1. The lowest BCUT2D eigenvalue weighted by Crippen LogP contribution is -2.32. The summed E-state index contributed by atoms with van der Waals surface area (Å²) in [4.78, 5) is 13.1. The van der Waals surface area contributed by atoms with Crippen molar-refractivity contribution in [2.24, 2.45) is 34.5 Å². The zero-order chi connectivity index (χ0) is 20.3. The van der Waals surface area contributed by atoms with E-state index in [2.05, 4.69) is 71.9 Å². The molecule has 0 aromatic heterocycles. The molecule has 1 aromatic carbocycles. The maximum atomic E-state index is 13.1. The van der Waals surface area contributed by atoms with Crippen LogP contribution in [-0.4, -0.2) is 5.78 Å². The number of hydrogen-bond donors (Lipinski definition) is 0. The Bertz CT molecular complexity index is 781. The van der Waals surface area contributed by atoms with Crippen molar-refractivity contribution in [3.05, 3.63) is 41.0 Å². The van der Waals surface area contributed by atoms with E-state index >= 15 is 0 Å². The normalized spacial score (nSPS) is 38.5. The minimum absolute atomic E-state index is 0.0958. The quantitative estimate of drug-likeness (QED) is 0.505. The highest BCUT2D eigenvalue weighted by Crippen LogP contribution is 2.65. The van der Waals surface area contributed by atoms with Crippen molar-refractivity contribution in [3.63, 3.8) is 0 Å². The largest absolute Gasteiger partial charge is 0.294 e. The van der Waals surface area contributed by atoms with Gasteiger partial charge in [0, 0.05) is 5.41 Å². The SMILES string of the molecule is CC1CCC(C(C)C)C(c2ccc(C=C3C(=O)C4(C)CCC3C4(C)C)cc2)C1. The molecule has 0 spiro atoms. The molecule has 1 aromatic rings. The van der Waals surface area contributed by atoms with Crippen LogP contribution in [0.3, 0.4) is 0 Å². The molecule has 0 aliphatic heterocycles. The number of carbonyl (C=O) groups is 1. The third-order valence-electron chi connectivity index (χ3n) is 9.07. The van der Waals surface area contributed by atoms with Gasteiger partial charge in [-0.05, 0) is 83.5 Å². The molecule has 3 fully saturated rings. The van der Waals surface area contributed by atoms with Crippen LogP contribution in [0.4, 0.5) is 0 Å². The molecule has 3 aliphatic carbocycles. The smallest absolute Gasteiger partial charge is 0.165 e. The summed E-state index contributed by atoms with van der Waals surface area (Å²) >= 11 is 0. The van der Waals surface area contributed by atoms with E-state index in [1.165, 1.54) is 30.4 Å². The Hall–Kier alpha value is -1.37. The molecule has 3 aliphatic rings. The topological polar surface area (TPSA) is 17.1 Å². The van der Waals surface area contributed by atoms with Gasteiger partial charge < -0.3 is 0 Å². The molecule has 2 bridgehead atoms. The van der Waals surface area contributed by atoms with Gasteiger partial charge in [0.2, 0.25) is 0 Å². The third kappa shape index (κ3) is 2.92. The van der Waals surface area contributed by atoms with Crippen molar-refractivity contribution >= 4 is 11.9 Å². The summed E-state index contributed by atoms with van der Waals surface area (Å²) in [5, 5.41) is 0. The Balaban J connectivity index is 1.59. The minimum atomic E-state index is -0.161. The molecule has 0 heterocycles. The molecule has 0 saturated heterocycles. The van der Waals surface area contributed by atoms with Gasteiger partial charge in [-0.2, -0.15) is 0 Å². The summed E-state index contributed by atoms with van der Waals surface area (Å²) in [6.45, 7) is 14.0. The van der Waals surface area contributed by atoms with Crippen LogP contribution in [0.1, 0.15) is 90.7 Å². The molecule has 4 rings (SSSR count). The first kappa shape index (κ1) is 19.9. The Morgan fingerprint density at radius 2 is 1.71 bits per heavy atom. The van der Waals surface area contributed by atoms with Gasteiger partial charge in [0.25, 0.3) is 0 Å². The Kier molecular flexibility index (Phi) is 4.88. The predicted octanol–water partition coefficient (Wildman–Crippen LogP) is 7.27. The number of allylic oxidation sites excluding steroid dienone is 1. The van der Waals surface area contributed by atoms with Gasteiger partial charge in [-0.1, -0.05) is 72.2 Å². The van der Waals surface area contributed by atoms with Crippen LogP contribution in [-0.2, 0) is 4.79 Å². The van der Waals surface area contributed by atoms with E-state index in [4.69, 9.17) is 0 Å². The van der Waals surface area contributed by atoms with E-state index in [0.29, 0.717) is 17.6 Å². The number of hydrogen-bond acceptors (Lipinski definition) is 1. The van der Waals surface area contributed by atoms with Crippen molar-refractivity contribution in [2.45, 2.75) is 79.6 Å². The van der Waals surface area contributed by atoms with Crippen LogP contribution in [0, 0.1) is 34.5 Å². The van der Waals surface area contributed by atoms with Gasteiger partial charge >= 0.3 is 0 Å². The molecule has 5 atom stereocenters. The molecular weight excluding hydrogens is 340 g/mol. The molecule has 0 amide bonds. The van der Waals surface area contributed by atoms with Crippen molar-refractivity contribution in [1.29, 1.82) is 0 Å². The van der Waals surface area contributed by atoms with Crippen molar-refractivity contribution < 1.29 is 4.79 Å². The Morgan fingerprint density at radius 1 is 1.04 bits per heavy atom. The van der Waals surface area contributed by atoms with Gasteiger partial charge in [-0.25, -0.2) is 0 Å². The molecule has 1 nitrogen and oxygen atoms in total. The van der Waals surface area contributed by atoms with Crippen LogP contribution < -0.4 is 0 Å². The summed E-state index contributed by atoms with van der Waals surface area (Å²) in [6, 6.07) is 9.20. The van der Waals surface area contributed by atoms with Gasteiger partial charge in [-0.3, -0.25) is 4.79 Å². The molecule has 5 unspecified atom stereocenters. The van der Waals surface area contributed by atoms with E-state index in [1.54, 1.807) is 0 Å². The second-order valence-electron chi connectivity index (χ2n) is 11.2. The van der Waals surface area contributed by atoms with Crippen LogP contribution >= 0.6 is 0 Å². The average Bonchev–Trinajstić information content (AvgIpc) is 2.96. The molecule has 0 radical (unpaired) electrons. The first-order valence-corrected chi connectivity index (χ1v) is 11.5. The lowest BCUT2D eigenvalue weighted by Gasteiger charge is -2.37. The predicted molar refractivity (Wildman–Crippen MR) is 118 cm³/mol. The molecule has 3 saturated carbocycles. The first-order chi connectivity index (χ1) is 13.1. The van der Waals surface area contributed by atoms with Gasteiger partial charge in [-0.15, -0.1) is 0 Å². The van der Waals surface area contributed by atoms with Crippen LogP contribution in [0.15, 0.2) is 29.8 Å². The molecule has 0 N–H and O–H groups in total. The fourth-order valence-electron chi connectivity index (χ4n) is 6.70. The van der Waals surface area contributed by atoms with Gasteiger partial charge in [0.05, 0.1) is 0 Å². The summed E-state index contributed by atoms with van der Waals surface area (Å²) in [7, 11) is 0. The minimum Gasteiger partial charge on any atom is -0.294 e. The number of ketones is 1. The van der Waals surface area contributed by atoms with Crippen LogP contribution in [0.25, 0.3) is 6.08 Å². The van der Waals surface area contributed by atoms with E-state index < -0.39 is 0 Å². The second-order valence-corrected chi connectivity index (χ2v) is 11.2. The summed E-state index contributed by atoms with van der Waals surface area (Å²) in [6.07, 6.45) is 8.47. The van der Waals surface area contributed by atoms with E-state index in [1.807, 2.05) is 0 Å². The summed E-state index contributed by atoms with van der Waals surface area (Å²) < 4.78 is 0. The maximum Gasteiger partial charge on any atom is 0.165 e. The average molecular weight is 379 g/mol. The van der Waals surface area contributed by atoms with Crippen molar-refractivity contribution in [3.8, 4) is 0 Å². The number of Topliss-reactive ketones (excluding diaryl/α,β-unsaturated/α-hetero) is 1. The lowest BCUT2D eigenvalue weighted by molar-refractivity contribution is -0.125. The van der Waals surface area contributed by atoms with Crippen LogP contribution in [0.5, 0.6) is 0 Å². The molecular formula is C27H38O. The summed E-state index contributed by atoms with van der Waals surface area (Å²) in [5.41, 5.74) is 3.71. The lowest BCUT2D eigenvalue weighted by atomic mass is 9.67. The molecule has 152 valence electrons. The fraction of sp³-hybridized carbons (Fsp3) is 0.667. The van der Waals surface area contributed by atoms with Gasteiger partial charge in [0.1, 0.15) is 0 Å². The fourth-order valence-corrected chi connectivity index (χ4v) is 6.70. The zero-order valence-corrected chi connectivity index (χ0v) is 18.7. The number of carbonyl (C=O) groups excluding carboxylic acids is 1. The van der Waals surface area contributed by atoms with E-state index in [0.717, 1.165) is 36.2 Å². The highest BCUT2D eigenvalue weighted by Gasteiger charge is 2.63. The standard InChI is InChI=1S/C27H38O/c1-17(2)21-12-7-18(3)15-22(21)20-10-8-19(9-11-20)16-23-24-13-14-27(6,25(23)28)26(24,4)5/h8-11,16-18,21-22,24H,7,12-15H2,1-6H3. The second kappa shape index (κ2) is 6.85. The van der Waals surface area contributed by atoms with E-state index in [9.17, 15) is 4.79 Å². The van der Waals surface area contributed by atoms with Crippen LogP contribution in [0.2, 0.25) is 0 Å². The summed E-state index contributed by atoms with van der Waals surface area (Å²) in [5.74, 6) is 3.89. The third-order valence-corrected chi connectivity index (χ3v) is 9.07. The Labute approximate surface area is 172 Å². The number of rotatable bonds is 3. The number of benzene rings is 1.